The second kappa shape index (κ2) is 1.88. The van der Waals surface area contributed by atoms with Crippen molar-refractivity contribution in [2.45, 2.75) is 18.2 Å². The van der Waals surface area contributed by atoms with E-state index in [1.807, 2.05) is 0 Å². The van der Waals surface area contributed by atoms with Crippen LogP contribution < -0.4 is 0 Å². The average molecular weight is 179 g/mol. The van der Waals surface area contributed by atoms with Gasteiger partial charge in [-0.25, -0.2) is 0 Å². The minimum atomic E-state index is -1.58. The van der Waals surface area contributed by atoms with Crippen molar-refractivity contribution in [2.75, 3.05) is 0 Å². The van der Waals surface area contributed by atoms with Crippen LogP contribution in [0.3, 0.4) is 0 Å². The van der Waals surface area contributed by atoms with E-state index in [1.54, 1.807) is 0 Å². The Labute approximate surface area is 67.8 Å². The van der Waals surface area contributed by atoms with Gasteiger partial charge in [0.2, 0.25) is 0 Å². The Hall–Kier alpha value is -0.770. The molecule has 1 aliphatic carbocycles. The predicted molar refractivity (Wildman–Crippen MR) is 36.6 cm³/mol. The van der Waals surface area contributed by atoms with Crippen LogP contribution in [0.25, 0.3) is 0 Å². The Kier molecular flexibility index (Phi) is 1.42. The van der Waals surface area contributed by atoms with Crippen LogP contribution >= 0.6 is 11.6 Å². The van der Waals surface area contributed by atoms with Gasteiger partial charge in [-0.15, -0.1) is 11.6 Å². The summed E-state index contributed by atoms with van der Waals surface area (Å²) in [6.07, 6.45) is -0.00772. The number of carboxylic acids is 2. The van der Waals surface area contributed by atoms with Gasteiger partial charge in [-0.05, 0) is 13.3 Å². The summed E-state index contributed by atoms with van der Waals surface area (Å²) in [6.45, 7) is 1.33. The summed E-state index contributed by atoms with van der Waals surface area (Å²) in [5.74, 6) is -2.42. The molecule has 11 heavy (non-hydrogen) atoms. The van der Waals surface area contributed by atoms with Gasteiger partial charge in [-0.2, -0.15) is 0 Å². The Morgan fingerprint density at radius 2 is 1.82 bits per heavy atom. The number of rotatable bonds is 2. The molecule has 0 saturated heterocycles. The van der Waals surface area contributed by atoms with Crippen molar-refractivity contribution >= 4 is 23.5 Å². The molecule has 0 aromatic rings. The smallest absolute Gasteiger partial charge is 0.325 e. The summed E-state index contributed by atoms with van der Waals surface area (Å²) in [7, 11) is 0. The first-order valence-electron chi connectivity index (χ1n) is 3.00. The summed E-state index contributed by atoms with van der Waals surface area (Å²) in [5, 5.41) is 17.1. The molecule has 1 aliphatic rings. The van der Waals surface area contributed by atoms with Gasteiger partial charge in [0.1, 0.15) is 0 Å². The quantitative estimate of drug-likeness (QED) is 0.606. The lowest BCUT2D eigenvalue weighted by Crippen LogP contribution is -2.27. The van der Waals surface area contributed by atoms with Gasteiger partial charge in [-0.3, -0.25) is 9.59 Å². The van der Waals surface area contributed by atoms with E-state index < -0.39 is 22.2 Å². The van der Waals surface area contributed by atoms with Crippen LogP contribution in [0, 0.1) is 5.41 Å². The molecule has 2 N–H and O–H groups in total. The third kappa shape index (κ3) is 0.822. The molecular formula is C6H7ClO4. The summed E-state index contributed by atoms with van der Waals surface area (Å²) >= 11 is 5.50. The molecule has 0 aromatic carbocycles. The number of alkyl halides is 1. The fraction of sp³-hybridized carbons (Fsp3) is 0.667. The third-order valence-corrected chi connectivity index (χ3v) is 2.87. The summed E-state index contributed by atoms with van der Waals surface area (Å²) in [6, 6.07) is 0. The van der Waals surface area contributed by atoms with Crippen molar-refractivity contribution < 1.29 is 19.8 Å². The van der Waals surface area contributed by atoms with Gasteiger partial charge in [0, 0.05) is 0 Å². The largest absolute Gasteiger partial charge is 0.481 e. The van der Waals surface area contributed by atoms with E-state index in [0.29, 0.717) is 0 Å². The van der Waals surface area contributed by atoms with E-state index >= 15 is 0 Å². The first kappa shape index (κ1) is 8.33. The zero-order chi connectivity index (χ0) is 8.86. The highest BCUT2D eigenvalue weighted by atomic mass is 35.5. The Bertz CT molecular complexity index is 215. The molecule has 62 valence electrons. The maximum Gasteiger partial charge on any atom is 0.325 e. The second-order valence-electron chi connectivity index (χ2n) is 2.92. The van der Waals surface area contributed by atoms with E-state index in [0.717, 1.165) is 0 Å². The molecule has 1 saturated carbocycles. The highest BCUT2D eigenvalue weighted by Gasteiger charge is 2.74. The molecule has 0 amide bonds. The minimum Gasteiger partial charge on any atom is -0.481 e. The number of aliphatic carboxylic acids is 2. The molecule has 0 heterocycles. The molecule has 2 atom stereocenters. The number of carboxylic acid groups (broad SMARTS) is 2. The topological polar surface area (TPSA) is 74.6 Å². The lowest BCUT2D eigenvalue weighted by Gasteiger charge is -2.06. The standard InChI is InChI=1S/C6H7ClO4/c1-5(3(8)9)2-6(5,7)4(10)11/h2H2,1H3,(H,8,9)(H,10,11)/t5-,6-/m1/s1. The molecule has 4 nitrogen and oxygen atoms in total. The van der Waals surface area contributed by atoms with E-state index in [2.05, 4.69) is 0 Å². The van der Waals surface area contributed by atoms with Crippen LogP contribution in [0.1, 0.15) is 13.3 Å². The summed E-state index contributed by atoms with van der Waals surface area (Å²) in [5.41, 5.74) is -1.29. The molecule has 5 heteroatoms. The van der Waals surface area contributed by atoms with Crippen LogP contribution in [0.15, 0.2) is 0 Å². The fourth-order valence-electron chi connectivity index (χ4n) is 1.000. The van der Waals surface area contributed by atoms with E-state index in [9.17, 15) is 9.59 Å². The molecule has 0 aromatic heterocycles. The first-order valence-corrected chi connectivity index (χ1v) is 3.38. The van der Waals surface area contributed by atoms with Crippen LogP contribution in [-0.2, 0) is 9.59 Å². The van der Waals surface area contributed by atoms with Gasteiger partial charge < -0.3 is 10.2 Å². The Balaban J connectivity index is 2.87. The number of carbonyl (C=O) groups is 2. The zero-order valence-electron chi connectivity index (χ0n) is 5.80. The Morgan fingerprint density at radius 1 is 1.36 bits per heavy atom. The highest BCUT2D eigenvalue weighted by Crippen LogP contribution is 2.61. The molecule has 0 bridgehead atoms. The van der Waals surface area contributed by atoms with Crippen LogP contribution in [-0.4, -0.2) is 27.0 Å². The minimum absolute atomic E-state index is 0.00772. The third-order valence-electron chi connectivity index (χ3n) is 2.16. The van der Waals surface area contributed by atoms with Crippen molar-refractivity contribution in [2.24, 2.45) is 5.41 Å². The van der Waals surface area contributed by atoms with Crippen molar-refractivity contribution in [1.82, 2.24) is 0 Å². The Morgan fingerprint density at radius 3 is 1.91 bits per heavy atom. The number of hydrogen-bond donors (Lipinski definition) is 2. The summed E-state index contributed by atoms with van der Waals surface area (Å²) < 4.78 is 0. The SMILES string of the molecule is C[C@]1(C(=O)O)C[C@@]1(Cl)C(=O)O. The second-order valence-corrected chi connectivity index (χ2v) is 3.57. The predicted octanol–water partition coefficient (Wildman–Crippen LogP) is 0.543. The van der Waals surface area contributed by atoms with Crippen molar-refractivity contribution in [3.05, 3.63) is 0 Å². The average Bonchev–Trinajstić information content (AvgIpc) is 2.39. The number of hydrogen-bond acceptors (Lipinski definition) is 2. The normalized spacial score (nSPS) is 41.6. The van der Waals surface area contributed by atoms with Gasteiger partial charge in [0.25, 0.3) is 0 Å². The van der Waals surface area contributed by atoms with E-state index in [-0.39, 0.29) is 6.42 Å². The zero-order valence-corrected chi connectivity index (χ0v) is 6.55. The van der Waals surface area contributed by atoms with Crippen molar-refractivity contribution in [3.8, 4) is 0 Å². The molecule has 0 unspecified atom stereocenters. The van der Waals surface area contributed by atoms with Crippen molar-refractivity contribution in [3.63, 3.8) is 0 Å². The highest BCUT2D eigenvalue weighted by molar-refractivity contribution is 6.39. The van der Waals surface area contributed by atoms with Crippen molar-refractivity contribution in [1.29, 1.82) is 0 Å². The molecule has 0 aliphatic heterocycles. The molecule has 0 radical (unpaired) electrons. The lowest BCUT2D eigenvalue weighted by atomic mass is 10.1. The molecule has 1 rings (SSSR count). The van der Waals surface area contributed by atoms with Crippen LogP contribution in [0.5, 0.6) is 0 Å². The van der Waals surface area contributed by atoms with Crippen LogP contribution in [0.2, 0.25) is 0 Å². The number of halogens is 1. The van der Waals surface area contributed by atoms with Gasteiger partial charge in [0.15, 0.2) is 4.87 Å². The summed E-state index contributed by atoms with van der Waals surface area (Å²) in [4.78, 5) is 19.3. The monoisotopic (exact) mass is 178 g/mol. The fourth-order valence-corrected chi connectivity index (χ4v) is 1.35. The maximum atomic E-state index is 10.5. The maximum absolute atomic E-state index is 10.5. The van der Waals surface area contributed by atoms with E-state index in [4.69, 9.17) is 21.8 Å². The molecule has 1 fully saturated rings. The first-order chi connectivity index (χ1) is 4.84. The van der Waals surface area contributed by atoms with Gasteiger partial charge in [0.05, 0.1) is 5.41 Å². The lowest BCUT2D eigenvalue weighted by molar-refractivity contribution is -0.147. The van der Waals surface area contributed by atoms with Crippen LogP contribution in [0.4, 0.5) is 0 Å². The van der Waals surface area contributed by atoms with E-state index in [1.165, 1.54) is 6.92 Å². The van der Waals surface area contributed by atoms with Gasteiger partial charge >= 0.3 is 11.9 Å². The molecule has 0 spiro atoms. The molecular weight excluding hydrogens is 172 g/mol. The van der Waals surface area contributed by atoms with Gasteiger partial charge in [-0.1, -0.05) is 0 Å².